The summed E-state index contributed by atoms with van der Waals surface area (Å²) in [6.45, 7) is 2.48. The van der Waals surface area contributed by atoms with Gasteiger partial charge in [0.25, 0.3) is 0 Å². The quantitative estimate of drug-likeness (QED) is 0.892. The molecular weight excluding hydrogens is 278 g/mol. The van der Waals surface area contributed by atoms with Crippen LogP contribution < -0.4 is 5.32 Å². The monoisotopic (exact) mass is 296 g/mol. The lowest BCUT2D eigenvalue weighted by Gasteiger charge is -2.31. The topological polar surface area (TPSA) is 41.6 Å². The van der Waals surface area contributed by atoms with Gasteiger partial charge in [-0.1, -0.05) is 0 Å². The molecule has 1 aromatic carbocycles. The van der Waals surface area contributed by atoms with E-state index in [-0.39, 0.29) is 24.3 Å². The summed E-state index contributed by atoms with van der Waals surface area (Å²) in [5.74, 6) is -0.879. The van der Waals surface area contributed by atoms with Gasteiger partial charge in [-0.15, -0.1) is 0 Å². The molecule has 4 nitrogen and oxygen atoms in total. The van der Waals surface area contributed by atoms with Crippen molar-refractivity contribution in [3.8, 4) is 0 Å². The number of ether oxygens (including phenoxy) is 1. The van der Waals surface area contributed by atoms with Gasteiger partial charge in [0.2, 0.25) is 5.91 Å². The molecule has 1 N–H and O–H groups in total. The number of hydrogen-bond donors (Lipinski definition) is 1. The number of fused-ring (bicyclic) bond motifs is 1. The summed E-state index contributed by atoms with van der Waals surface area (Å²) in [7, 11) is 0. The highest BCUT2D eigenvalue weighted by molar-refractivity contribution is 5.77. The molecule has 3 rings (SSSR count). The van der Waals surface area contributed by atoms with Gasteiger partial charge in [0.1, 0.15) is 11.6 Å². The van der Waals surface area contributed by atoms with Crippen molar-refractivity contribution in [2.75, 3.05) is 26.3 Å². The molecule has 2 aliphatic heterocycles. The van der Waals surface area contributed by atoms with Crippen molar-refractivity contribution < 1.29 is 18.3 Å². The van der Waals surface area contributed by atoms with Crippen molar-refractivity contribution >= 4 is 5.91 Å². The van der Waals surface area contributed by atoms with Crippen LogP contribution in [-0.4, -0.2) is 43.2 Å². The lowest BCUT2D eigenvalue weighted by Crippen LogP contribution is -2.46. The smallest absolute Gasteiger partial charge is 0.224 e. The third-order valence-electron chi connectivity index (χ3n) is 4.07. The predicted molar refractivity (Wildman–Crippen MR) is 72.7 cm³/mol. The zero-order valence-corrected chi connectivity index (χ0v) is 11.7. The third kappa shape index (κ3) is 3.06. The molecule has 2 heterocycles. The van der Waals surface area contributed by atoms with Gasteiger partial charge in [0, 0.05) is 37.7 Å². The van der Waals surface area contributed by atoms with Crippen molar-refractivity contribution in [3.63, 3.8) is 0 Å². The number of benzene rings is 1. The number of carbonyl (C=O) groups is 1. The van der Waals surface area contributed by atoms with E-state index in [1.165, 1.54) is 0 Å². The van der Waals surface area contributed by atoms with Crippen molar-refractivity contribution in [1.82, 2.24) is 10.2 Å². The van der Waals surface area contributed by atoms with E-state index in [0.29, 0.717) is 43.7 Å². The van der Waals surface area contributed by atoms with E-state index in [1.54, 1.807) is 4.90 Å². The van der Waals surface area contributed by atoms with E-state index in [9.17, 15) is 13.6 Å². The minimum absolute atomic E-state index is 0.00463. The van der Waals surface area contributed by atoms with Crippen molar-refractivity contribution in [3.05, 3.63) is 34.9 Å². The number of nitrogens with zero attached hydrogens (tertiary/aromatic N) is 1. The van der Waals surface area contributed by atoms with Gasteiger partial charge in [0.05, 0.1) is 13.2 Å². The molecule has 0 spiro atoms. The van der Waals surface area contributed by atoms with Crippen LogP contribution in [-0.2, 0) is 22.5 Å². The fourth-order valence-electron chi connectivity index (χ4n) is 2.90. The van der Waals surface area contributed by atoms with Gasteiger partial charge >= 0.3 is 0 Å². The van der Waals surface area contributed by atoms with Crippen molar-refractivity contribution in [2.24, 2.45) is 0 Å². The molecule has 1 amide bonds. The minimum atomic E-state index is -0.442. The molecule has 1 aromatic rings. The van der Waals surface area contributed by atoms with Crippen molar-refractivity contribution in [2.45, 2.75) is 25.4 Å². The van der Waals surface area contributed by atoms with Gasteiger partial charge < -0.3 is 15.0 Å². The summed E-state index contributed by atoms with van der Waals surface area (Å²) in [6, 6.07) is 2.28. The van der Waals surface area contributed by atoms with Crippen LogP contribution in [0.4, 0.5) is 8.78 Å². The first-order valence-electron chi connectivity index (χ1n) is 7.20. The molecule has 1 atom stereocenters. The van der Waals surface area contributed by atoms with Crippen LogP contribution in [0.1, 0.15) is 17.5 Å². The molecule has 6 heteroatoms. The maximum Gasteiger partial charge on any atom is 0.224 e. The highest BCUT2D eigenvalue weighted by atomic mass is 19.1. The molecule has 0 bridgehead atoms. The second-order valence-electron chi connectivity index (χ2n) is 5.48. The fourth-order valence-corrected chi connectivity index (χ4v) is 2.90. The summed E-state index contributed by atoms with van der Waals surface area (Å²) in [5, 5.41) is 3.22. The van der Waals surface area contributed by atoms with E-state index in [0.717, 1.165) is 18.7 Å². The minimum Gasteiger partial charge on any atom is -0.378 e. The zero-order chi connectivity index (χ0) is 14.8. The van der Waals surface area contributed by atoms with Crippen molar-refractivity contribution in [1.29, 1.82) is 0 Å². The number of halogens is 2. The highest BCUT2D eigenvalue weighted by Crippen LogP contribution is 2.25. The maximum atomic E-state index is 13.8. The van der Waals surface area contributed by atoms with Crippen LogP contribution in [0.5, 0.6) is 0 Å². The maximum absolute atomic E-state index is 13.8. The Morgan fingerprint density at radius 1 is 1.33 bits per heavy atom. The zero-order valence-electron chi connectivity index (χ0n) is 11.7. The summed E-state index contributed by atoms with van der Waals surface area (Å²) in [6.07, 6.45) is 0.686. The van der Waals surface area contributed by atoms with E-state index < -0.39 is 5.82 Å². The molecule has 1 unspecified atom stereocenters. The standard InChI is InChI=1S/C15H18F2N2O2/c16-13-1-2-14(17)12-8-19(5-3-11(12)13)15(20)7-10-9-21-6-4-18-10/h1-2,10,18H,3-9H2. The van der Waals surface area contributed by atoms with Gasteiger partial charge in [-0.25, -0.2) is 8.78 Å². The Kier molecular flexibility index (Phi) is 4.17. The molecule has 0 radical (unpaired) electrons. The van der Waals surface area contributed by atoms with E-state index in [2.05, 4.69) is 5.32 Å². The Hall–Kier alpha value is -1.53. The summed E-state index contributed by atoms with van der Waals surface area (Å²) >= 11 is 0. The number of amides is 1. The predicted octanol–water partition coefficient (Wildman–Crippen LogP) is 1.23. The molecule has 0 aromatic heterocycles. The largest absolute Gasteiger partial charge is 0.378 e. The number of morpholine rings is 1. The average molecular weight is 296 g/mol. The van der Waals surface area contributed by atoms with E-state index in [1.807, 2.05) is 0 Å². The van der Waals surface area contributed by atoms with E-state index >= 15 is 0 Å². The van der Waals surface area contributed by atoms with Crippen LogP contribution in [0.15, 0.2) is 12.1 Å². The average Bonchev–Trinajstić information content (AvgIpc) is 2.52. The first kappa shape index (κ1) is 14.4. The first-order chi connectivity index (χ1) is 10.1. The fraction of sp³-hybridized carbons (Fsp3) is 0.533. The van der Waals surface area contributed by atoms with Crippen LogP contribution in [0, 0.1) is 11.6 Å². The van der Waals surface area contributed by atoms with Crippen LogP contribution >= 0.6 is 0 Å². The van der Waals surface area contributed by atoms with Crippen LogP contribution in [0.25, 0.3) is 0 Å². The lowest BCUT2D eigenvalue weighted by molar-refractivity contribution is -0.133. The van der Waals surface area contributed by atoms with Gasteiger partial charge in [0.15, 0.2) is 0 Å². The molecule has 1 fully saturated rings. The molecule has 21 heavy (non-hydrogen) atoms. The number of hydrogen-bond acceptors (Lipinski definition) is 3. The Morgan fingerprint density at radius 3 is 2.81 bits per heavy atom. The molecule has 0 saturated carbocycles. The van der Waals surface area contributed by atoms with Crippen LogP contribution in [0.2, 0.25) is 0 Å². The molecular formula is C15H18F2N2O2. The molecule has 114 valence electrons. The molecule has 2 aliphatic rings. The Labute approximate surface area is 122 Å². The van der Waals surface area contributed by atoms with Gasteiger partial charge in [-0.2, -0.15) is 0 Å². The van der Waals surface area contributed by atoms with Gasteiger partial charge in [-0.05, 0) is 24.1 Å². The second kappa shape index (κ2) is 6.07. The van der Waals surface area contributed by atoms with E-state index in [4.69, 9.17) is 4.74 Å². The summed E-state index contributed by atoms with van der Waals surface area (Å²) < 4.78 is 32.8. The molecule has 0 aliphatic carbocycles. The Morgan fingerprint density at radius 2 is 2.10 bits per heavy atom. The third-order valence-corrected chi connectivity index (χ3v) is 4.07. The number of rotatable bonds is 2. The normalized spacial score (nSPS) is 22.0. The first-order valence-corrected chi connectivity index (χ1v) is 7.20. The second-order valence-corrected chi connectivity index (χ2v) is 5.48. The SMILES string of the molecule is O=C(CC1COCCN1)N1CCc2c(F)ccc(F)c2C1. The number of nitrogens with one attached hydrogen (secondary N) is 1. The lowest BCUT2D eigenvalue weighted by atomic mass is 9.98. The molecule has 1 saturated heterocycles. The summed E-state index contributed by atoms with van der Waals surface area (Å²) in [4.78, 5) is 13.9. The summed E-state index contributed by atoms with van der Waals surface area (Å²) in [5.41, 5.74) is 0.709. The van der Waals surface area contributed by atoms with Crippen LogP contribution in [0.3, 0.4) is 0 Å². The highest BCUT2D eigenvalue weighted by Gasteiger charge is 2.27. The Balaban J connectivity index is 1.68. The Bertz CT molecular complexity index is 545. The number of carbonyl (C=O) groups excluding carboxylic acids is 1. The van der Waals surface area contributed by atoms with Gasteiger partial charge in [-0.3, -0.25) is 4.79 Å².